The minimum atomic E-state index is -0.234. The van der Waals surface area contributed by atoms with E-state index in [1.165, 1.54) is 51.4 Å². The van der Waals surface area contributed by atoms with Crippen LogP contribution in [0.4, 0.5) is 9.59 Å². The third kappa shape index (κ3) is 6.20. The molecular formula is C42H70N4O6. The van der Waals surface area contributed by atoms with Gasteiger partial charge in [-0.25, -0.2) is 9.59 Å². The molecule has 0 aromatic rings. The van der Waals surface area contributed by atoms with Crippen molar-refractivity contribution in [2.24, 2.45) is 51.2 Å². The number of fused-ring (bicyclic) bond motifs is 4. The van der Waals surface area contributed by atoms with Crippen molar-refractivity contribution in [3.05, 3.63) is 0 Å². The van der Waals surface area contributed by atoms with Crippen molar-refractivity contribution in [3.63, 3.8) is 0 Å². The second kappa shape index (κ2) is 14.1. The third-order valence-electron chi connectivity index (χ3n) is 17.0. The maximum absolute atomic E-state index is 13.2. The highest BCUT2D eigenvalue weighted by Gasteiger charge is 2.81. The number of amides is 2. The normalized spacial score (nSPS) is 42.8. The molecule has 1 N–H and O–H groups in total. The van der Waals surface area contributed by atoms with Crippen LogP contribution in [0.5, 0.6) is 0 Å². The van der Waals surface area contributed by atoms with E-state index in [0.717, 1.165) is 84.1 Å². The lowest BCUT2D eigenvalue weighted by Crippen LogP contribution is -2.55. The van der Waals surface area contributed by atoms with Crippen LogP contribution in [0.15, 0.2) is 0 Å². The minimum Gasteiger partial charge on any atom is -0.446 e. The van der Waals surface area contributed by atoms with E-state index in [0.29, 0.717) is 40.5 Å². The Labute approximate surface area is 313 Å². The summed E-state index contributed by atoms with van der Waals surface area (Å²) in [5, 5.41) is 3.11. The summed E-state index contributed by atoms with van der Waals surface area (Å²) in [5.41, 5.74) is 1.18. The lowest BCUT2D eigenvalue weighted by molar-refractivity contribution is -0.151. The Kier molecular flexibility index (Phi) is 10.2. The maximum atomic E-state index is 13.2. The zero-order chi connectivity index (χ0) is 36.5. The number of likely N-dealkylation sites (tertiary alicyclic amines) is 1. The zero-order valence-electron chi connectivity index (χ0n) is 33.3. The van der Waals surface area contributed by atoms with Gasteiger partial charge in [-0.05, 0) is 116 Å². The molecule has 3 saturated heterocycles. The molecule has 0 aromatic heterocycles. The van der Waals surface area contributed by atoms with E-state index in [2.05, 4.69) is 49.7 Å². The van der Waals surface area contributed by atoms with Crippen molar-refractivity contribution in [2.45, 2.75) is 130 Å². The molecule has 5 saturated carbocycles. The predicted octanol–water partition coefficient (Wildman–Crippen LogP) is 6.42. The van der Waals surface area contributed by atoms with Crippen molar-refractivity contribution in [1.29, 1.82) is 0 Å². The monoisotopic (exact) mass is 727 g/mol. The van der Waals surface area contributed by atoms with Gasteiger partial charge >= 0.3 is 12.2 Å². The van der Waals surface area contributed by atoms with Crippen LogP contribution in [0.3, 0.4) is 0 Å². The Hall–Kier alpha value is -1.62. The van der Waals surface area contributed by atoms with E-state index in [9.17, 15) is 9.59 Å². The second-order valence-electron chi connectivity index (χ2n) is 19.8. The van der Waals surface area contributed by atoms with Gasteiger partial charge in [-0.2, -0.15) is 0 Å². The minimum absolute atomic E-state index is 0.00225. The van der Waals surface area contributed by atoms with Crippen molar-refractivity contribution < 1.29 is 28.5 Å². The Morgan fingerprint density at radius 1 is 0.846 bits per heavy atom. The van der Waals surface area contributed by atoms with Crippen molar-refractivity contribution >= 4 is 12.2 Å². The highest BCUT2D eigenvalue weighted by atomic mass is 16.6. The molecule has 3 aliphatic heterocycles. The highest BCUT2D eigenvalue weighted by molar-refractivity contribution is 5.68. The fourth-order valence-corrected chi connectivity index (χ4v) is 14.0. The van der Waals surface area contributed by atoms with Gasteiger partial charge in [-0.15, -0.1) is 0 Å². The van der Waals surface area contributed by atoms with E-state index in [4.69, 9.17) is 18.9 Å². The third-order valence-corrected chi connectivity index (χ3v) is 17.0. The molecule has 294 valence electrons. The summed E-state index contributed by atoms with van der Waals surface area (Å²) in [6, 6.07) is 0. The van der Waals surface area contributed by atoms with Gasteiger partial charge in [0.25, 0.3) is 0 Å². The van der Waals surface area contributed by atoms with Gasteiger partial charge in [0.05, 0.1) is 18.8 Å². The van der Waals surface area contributed by atoms with Crippen LogP contribution in [0.1, 0.15) is 105 Å². The second-order valence-corrected chi connectivity index (χ2v) is 19.8. The van der Waals surface area contributed by atoms with E-state index >= 15 is 0 Å². The van der Waals surface area contributed by atoms with Gasteiger partial charge in [-0.1, -0.05) is 34.6 Å². The lowest BCUT2D eigenvalue weighted by atomic mass is 9.46. The molecule has 8 aliphatic rings. The average molecular weight is 727 g/mol. The molecule has 5 aliphatic carbocycles. The summed E-state index contributed by atoms with van der Waals surface area (Å²) in [6.07, 6.45) is 12.9. The molecule has 10 nitrogen and oxygen atoms in total. The van der Waals surface area contributed by atoms with E-state index in [1.807, 2.05) is 4.90 Å². The maximum Gasteiger partial charge on any atom is 0.410 e. The molecule has 11 unspecified atom stereocenters. The van der Waals surface area contributed by atoms with Crippen LogP contribution in [0.25, 0.3) is 0 Å². The van der Waals surface area contributed by atoms with Gasteiger partial charge in [0.2, 0.25) is 0 Å². The summed E-state index contributed by atoms with van der Waals surface area (Å²) < 4.78 is 24.7. The number of ether oxygens (including phenoxy) is 4. The number of hydrogen-bond acceptors (Lipinski definition) is 8. The van der Waals surface area contributed by atoms with Crippen LogP contribution in [-0.4, -0.2) is 124 Å². The van der Waals surface area contributed by atoms with Crippen LogP contribution < -0.4 is 5.32 Å². The topological polar surface area (TPSA) is 92.8 Å². The molecule has 52 heavy (non-hydrogen) atoms. The molecule has 0 aromatic carbocycles. The zero-order valence-corrected chi connectivity index (χ0v) is 33.3. The summed E-state index contributed by atoms with van der Waals surface area (Å²) in [7, 11) is 1.76. The molecule has 0 bridgehead atoms. The van der Waals surface area contributed by atoms with Gasteiger partial charge in [0.15, 0.2) is 0 Å². The molecular weight excluding hydrogens is 656 g/mol. The van der Waals surface area contributed by atoms with Crippen molar-refractivity contribution in [2.75, 3.05) is 72.6 Å². The molecule has 8 rings (SSSR count). The summed E-state index contributed by atoms with van der Waals surface area (Å²) >= 11 is 0. The first kappa shape index (κ1) is 37.3. The number of carbonyl (C=O) groups excluding carboxylic acids is 2. The number of piperazine rings is 1. The Balaban J connectivity index is 0.862. The SMILES string of the molecule is COCCN1CCN(CCNC(=O)OC2CCC34CC35CCC3(C)C6CCC(C(OC(=O)N7CCC7)C(C)C)OC6CC3C5CCC4C2(C)C)CC1. The Morgan fingerprint density at radius 2 is 1.58 bits per heavy atom. The first-order valence-corrected chi connectivity index (χ1v) is 21.4. The number of hydrogen-bond donors (Lipinski definition) is 1. The number of carbonyl (C=O) groups is 2. The van der Waals surface area contributed by atoms with Gasteiger partial charge < -0.3 is 29.2 Å². The smallest absolute Gasteiger partial charge is 0.410 e. The molecule has 11 atom stereocenters. The first-order valence-electron chi connectivity index (χ1n) is 21.4. The van der Waals surface area contributed by atoms with Crippen LogP contribution >= 0.6 is 0 Å². The number of nitrogens with one attached hydrogen (secondary N) is 1. The number of methoxy groups -OCH3 is 1. The van der Waals surface area contributed by atoms with Crippen molar-refractivity contribution in [3.8, 4) is 0 Å². The number of rotatable bonds is 10. The van der Waals surface area contributed by atoms with E-state index < -0.39 is 0 Å². The first-order chi connectivity index (χ1) is 24.9. The van der Waals surface area contributed by atoms with Crippen molar-refractivity contribution in [1.82, 2.24) is 20.0 Å². The average Bonchev–Trinajstić information content (AvgIpc) is 3.67. The van der Waals surface area contributed by atoms with Crippen LogP contribution in [0.2, 0.25) is 0 Å². The lowest BCUT2D eigenvalue weighted by Gasteiger charge is -2.59. The molecule has 2 spiro atoms. The van der Waals surface area contributed by atoms with Gasteiger partial charge in [-0.3, -0.25) is 9.80 Å². The van der Waals surface area contributed by atoms with Crippen LogP contribution in [0, 0.1) is 51.2 Å². The van der Waals surface area contributed by atoms with Gasteiger partial charge in [0, 0.05) is 71.4 Å². The fourth-order valence-electron chi connectivity index (χ4n) is 14.0. The van der Waals surface area contributed by atoms with E-state index in [-0.39, 0.29) is 47.9 Å². The number of nitrogens with zero attached hydrogens (tertiary/aromatic N) is 3. The molecule has 8 fully saturated rings. The van der Waals surface area contributed by atoms with Crippen LogP contribution in [-0.2, 0) is 18.9 Å². The van der Waals surface area contributed by atoms with E-state index in [1.54, 1.807) is 7.11 Å². The molecule has 0 radical (unpaired) electrons. The largest absolute Gasteiger partial charge is 0.446 e. The Bertz CT molecular complexity index is 1320. The van der Waals surface area contributed by atoms with Gasteiger partial charge in [0.1, 0.15) is 12.2 Å². The standard InChI is InChI=1S/C42H70N4O6/c1-28(2)36(52-38(48)46-17-7-18-46)32-10-8-30-33(50-32)26-31-29-9-11-34-39(3,4)35(12-13-42(34)27-41(29,42)15-14-40(30,31)5)51-37(47)43-16-19-44-20-22-45(23-21-44)24-25-49-6/h28-36H,7-27H2,1-6H3,(H,43,47). The molecule has 2 amide bonds. The summed E-state index contributed by atoms with van der Waals surface area (Å²) in [4.78, 5) is 32.7. The quantitative estimate of drug-likeness (QED) is 0.276. The fraction of sp³-hybridized carbons (Fsp3) is 0.952. The molecule has 3 heterocycles. The Morgan fingerprint density at radius 3 is 2.27 bits per heavy atom. The summed E-state index contributed by atoms with van der Waals surface area (Å²) in [6.45, 7) is 20.9. The predicted molar refractivity (Wildman–Crippen MR) is 200 cm³/mol. The number of alkyl carbamates (subject to hydrolysis) is 1. The summed E-state index contributed by atoms with van der Waals surface area (Å²) in [5.74, 6) is 2.95. The highest BCUT2D eigenvalue weighted by Crippen LogP contribution is 2.87. The molecule has 10 heteroatoms.